The van der Waals surface area contributed by atoms with Crippen LogP contribution < -0.4 is 5.32 Å². The minimum Gasteiger partial charge on any atom is -0.383 e. The van der Waals surface area contributed by atoms with Crippen LogP contribution >= 0.6 is 0 Å². The van der Waals surface area contributed by atoms with Crippen LogP contribution in [0.2, 0.25) is 0 Å². The van der Waals surface area contributed by atoms with Gasteiger partial charge < -0.3 is 10.1 Å². The van der Waals surface area contributed by atoms with E-state index in [1.807, 2.05) is 0 Å². The van der Waals surface area contributed by atoms with Crippen LogP contribution in [0.1, 0.15) is 27.7 Å². The van der Waals surface area contributed by atoms with E-state index in [1.54, 1.807) is 7.11 Å². The first kappa shape index (κ1) is 14.9. The van der Waals surface area contributed by atoms with Gasteiger partial charge in [-0.25, -0.2) is 0 Å². The average molecular weight is 216 g/mol. The highest BCUT2D eigenvalue weighted by atomic mass is 16.5. The lowest BCUT2D eigenvalue weighted by atomic mass is 10.0. The molecule has 0 saturated heterocycles. The Morgan fingerprint density at radius 3 is 2.33 bits per heavy atom. The number of nitrogens with zero attached hydrogens (tertiary/aromatic N) is 1. The van der Waals surface area contributed by atoms with Crippen LogP contribution in [0.15, 0.2) is 0 Å². The van der Waals surface area contributed by atoms with Crippen molar-refractivity contribution in [3.8, 4) is 0 Å². The molecule has 0 spiro atoms. The second-order valence-electron chi connectivity index (χ2n) is 4.24. The highest BCUT2D eigenvalue weighted by Crippen LogP contribution is 2.09. The molecule has 0 fully saturated rings. The molecule has 1 N–H and O–H groups in total. The fraction of sp³-hybridized carbons (Fsp3) is 1.00. The standard InChI is InChI=1S/C12H28N2O/c1-6-13-10-12(11(3)4)14(7-2)8-9-15-5/h11-13H,6-10H2,1-5H3. The Balaban J connectivity index is 4.13. The van der Waals surface area contributed by atoms with Gasteiger partial charge in [0.1, 0.15) is 0 Å². The number of hydrogen-bond donors (Lipinski definition) is 1. The van der Waals surface area contributed by atoms with Crippen molar-refractivity contribution in [2.45, 2.75) is 33.7 Å². The molecule has 92 valence electrons. The van der Waals surface area contributed by atoms with Crippen molar-refractivity contribution in [2.75, 3.05) is 39.9 Å². The minimum atomic E-state index is 0.616. The monoisotopic (exact) mass is 216 g/mol. The van der Waals surface area contributed by atoms with Crippen molar-refractivity contribution < 1.29 is 4.74 Å². The summed E-state index contributed by atoms with van der Waals surface area (Å²) >= 11 is 0. The second kappa shape index (κ2) is 9.13. The lowest BCUT2D eigenvalue weighted by Gasteiger charge is -2.33. The molecule has 0 aromatic carbocycles. The largest absolute Gasteiger partial charge is 0.383 e. The van der Waals surface area contributed by atoms with Gasteiger partial charge in [-0.3, -0.25) is 4.90 Å². The van der Waals surface area contributed by atoms with E-state index in [-0.39, 0.29) is 0 Å². The van der Waals surface area contributed by atoms with E-state index in [9.17, 15) is 0 Å². The van der Waals surface area contributed by atoms with Crippen LogP contribution in [0, 0.1) is 5.92 Å². The van der Waals surface area contributed by atoms with Crippen molar-refractivity contribution >= 4 is 0 Å². The molecule has 1 atom stereocenters. The SMILES string of the molecule is CCNCC(C(C)C)N(CC)CCOC. The normalized spacial score (nSPS) is 13.8. The van der Waals surface area contributed by atoms with E-state index in [0.717, 1.165) is 32.8 Å². The molecular formula is C12H28N2O. The van der Waals surface area contributed by atoms with E-state index in [2.05, 4.69) is 37.9 Å². The van der Waals surface area contributed by atoms with Crippen molar-refractivity contribution in [2.24, 2.45) is 5.92 Å². The molecule has 0 radical (unpaired) electrons. The van der Waals surface area contributed by atoms with Gasteiger partial charge in [0.25, 0.3) is 0 Å². The Kier molecular flexibility index (Phi) is 9.06. The zero-order valence-electron chi connectivity index (χ0n) is 11.0. The summed E-state index contributed by atoms with van der Waals surface area (Å²) in [7, 11) is 1.77. The highest BCUT2D eigenvalue weighted by Gasteiger charge is 2.19. The molecule has 0 aliphatic heterocycles. The predicted molar refractivity (Wildman–Crippen MR) is 66.3 cm³/mol. The molecule has 0 bridgehead atoms. The molecule has 0 amide bonds. The first-order valence-electron chi connectivity index (χ1n) is 6.11. The molecule has 3 heteroatoms. The van der Waals surface area contributed by atoms with Gasteiger partial charge in [0.05, 0.1) is 6.61 Å². The van der Waals surface area contributed by atoms with Crippen molar-refractivity contribution in [3.63, 3.8) is 0 Å². The topological polar surface area (TPSA) is 24.5 Å². The van der Waals surface area contributed by atoms with E-state index < -0.39 is 0 Å². The fourth-order valence-electron chi connectivity index (χ4n) is 1.85. The van der Waals surface area contributed by atoms with E-state index in [0.29, 0.717) is 12.0 Å². The zero-order valence-corrected chi connectivity index (χ0v) is 11.0. The number of likely N-dealkylation sites (N-methyl/N-ethyl adjacent to an activating group) is 2. The number of rotatable bonds is 9. The van der Waals surface area contributed by atoms with Gasteiger partial charge in [-0.15, -0.1) is 0 Å². The molecule has 0 rings (SSSR count). The lowest BCUT2D eigenvalue weighted by Crippen LogP contribution is -2.46. The first-order chi connectivity index (χ1) is 7.17. The van der Waals surface area contributed by atoms with Gasteiger partial charge in [-0.2, -0.15) is 0 Å². The van der Waals surface area contributed by atoms with Crippen LogP contribution in [0.4, 0.5) is 0 Å². The van der Waals surface area contributed by atoms with E-state index >= 15 is 0 Å². The Morgan fingerprint density at radius 2 is 1.93 bits per heavy atom. The summed E-state index contributed by atoms with van der Waals surface area (Å²) in [6.07, 6.45) is 0. The molecule has 0 heterocycles. The highest BCUT2D eigenvalue weighted by molar-refractivity contribution is 4.76. The summed E-state index contributed by atoms with van der Waals surface area (Å²) in [5.74, 6) is 0.681. The molecule has 1 unspecified atom stereocenters. The fourth-order valence-corrected chi connectivity index (χ4v) is 1.85. The Morgan fingerprint density at radius 1 is 1.27 bits per heavy atom. The summed E-state index contributed by atoms with van der Waals surface area (Å²) in [6.45, 7) is 14.0. The Bertz CT molecular complexity index is 140. The molecular weight excluding hydrogens is 188 g/mol. The minimum absolute atomic E-state index is 0.616. The Labute approximate surface area is 95.2 Å². The first-order valence-corrected chi connectivity index (χ1v) is 6.11. The van der Waals surface area contributed by atoms with Crippen LogP contribution in [-0.2, 0) is 4.74 Å². The summed E-state index contributed by atoms with van der Waals surface area (Å²) in [4.78, 5) is 2.50. The quantitative estimate of drug-likeness (QED) is 0.633. The zero-order chi connectivity index (χ0) is 11.7. The molecule has 3 nitrogen and oxygen atoms in total. The van der Waals surface area contributed by atoms with Crippen LogP contribution in [-0.4, -0.2) is 50.8 Å². The maximum absolute atomic E-state index is 5.15. The van der Waals surface area contributed by atoms with Crippen molar-refractivity contribution in [1.29, 1.82) is 0 Å². The number of ether oxygens (including phenoxy) is 1. The van der Waals surface area contributed by atoms with Crippen LogP contribution in [0.5, 0.6) is 0 Å². The molecule has 15 heavy (non-hydrogen) atoms. The maximum Gasteiger partial charge on any atom is 0.0589 e. The third-order valence-electron chi connectivity index (χ3n) is 2.83. The molecule has 0 saturated carbocycles. The average Bonchev–Trinajstić information content (AvgIpc) is 2.22. The summed E-state index contributed by atoms with van der Waals surface area (Å²) in [5, 5.41) is 3.44. The maximum atomic E-state index is 5.15. The van der Waals surface area contributed by atoms with Crippen molar-refractivity contribution in [3.05, 3.63) is 0 Å². The predicted octanol–water partition coefficient (Wildman–Crippen LogP) is 1.59. The van der Waals surface area contributed by atoms with Crippen LogP contribution in [0.3, 0.4) is 0 Å². The van der Waals surface area contributed by atoms with Gasteiger partial charge in [0, 0.05) is 26.2 Å². The summed E-state index contributed by atoms with van der Waals surface area (Å²) in [5.41, 5.74) is 0. The van der Waals surface area contributed by atoms with Gasteiger partial charge in [-0.05, 0) is 19.0 Å². The third-order valence-corrected chi connectivity index (χ3v) is 2.83. The third kappa shape index (κ3) is 6.13. The summed E-state index contributed by atoms with van der Waals surface area (Å²) < 4.78 is 5.15. The molecule has 0 aliphatic carbocycles. The van der Waals surface area contributed by atoms with Gasteiger partial charge in [0.15, 0.2) is 0 Å². The summed E-state index contributed by atoms with van der Waals surface area (Å²) in [6, 6.07) is 0.616. The van der Waals surface area contributed by atoms with Gasteiger partial charge in [-0.1, -0.05) is 27.7 Å². The van der Waals surface area contributed by atoms with Gasteiger partial charge in [0.2, 0.25) is 0 Å². The van der Waals surface area contributed by atoms with E-state index in [4.69, 9.17) is 4.74 Å². The Hall–Kier alpha value is -0.120. The van der Waals surface area contributed by atoms with E-state index in [1.165, 1.54) is 0 Å². The number of hydrogen-bond acceptors (Lipinski definition) is 3. The molecule has 0 aromatic heterocycles. The second-order valence-corrected chi connectivity index (χ2v) is 4.24. The number of methoxy groups -OCH3 is 1. The van der Waals surface area contributed by atoms with Crippen molar-refractivity contribution in [1.82, 2.24) is 10.2 Å². The van der Waals surface area contributed by atoms with Gasteiger partial charge >= 0.3 is 0 Å². The van der Waals surface area contributed by atoms with Crippen LogP contribution in [0.25, 0.3) is 0 Å². The molecule has 0 aliphatic rings. The number of nitrogens with one attached hydrogen (secondary N) is 1. The smallest absolute Gasteiger partial charge is 0.0589 e. The molecule has 0 aromatic rings. The lowest BCUT2D eigenvalue weighted by molar-refractivity contribution is 0.104.